The molecule has 2 aromatic heterocycles. The van der Waals surface area contributed by atoms with Gasteiger partial charge in [0.1, 0.15) is 0 Å². The van der Waals surface area contributed by atoms with E-state index in [1.807, 2.05) is 19.9 Å². The third kappa shape index (κ3) is 3.27. The molecular formula is C12H11Br2NO3S. The number of nitrogens with zero attached hydrogens (tertiary/aromatic N) is 1. The molecule has 2 rings (SSSR count). The molecule has 0 bridgehead atoms. The van der Waals surface area contributed by atoms with Crippen molar-refractivity contribution in [3.05, 3.63) is 25.1 Å². The summed E-state index contributed by atoms with van der Waals surface area (Å²) in [4.78, 5) is 15.5. The number of hydrogen-bond donors (Lipinski definition) is 1. The van der Waals surface area contributed by atoms with Crippen LogP contribution in [0.2, 0.25) is 0 Å². The first-order chi connectivity index (χ1) is 8.88. The number of hydrogen-bond acceptors (Lipinski definition) is 4. The van der Waals surface area contributed by atoms with Crippen LogP contribution < -0.4 is 0 Å². The van der Waals surface area contributed by atoms with Crippen LogP contribution >= 0.6 is 43.2 Å². The molecule has 0 unspecified atom stereocenters. The maximum atomic E-state index is 11.2. The zero-order valence-corrected chi connectivity index (χ0v) is 14.2. The van der Waals surface area contributed by atoms with E-state index in [4.69, 9.17) is 9.52 Å². The van der Waals surface area contributed by atoms with Crippen molar-refractivity contribution < 1.29 is 14.3 Å². The van der Waals surface area contributed by atoms with Crippen molar-refractivity contribution >= 4 is 49.2 Å². The summed E-state index contributed by atoms with van der Waals surface area (Å²) in [6, 6.07) is 1.85. The molecule has 0 amide bonds. The van der Waals surface area contributed by atoms with Crippen LogP contribution in [0.3, 0.4) is 0 Å². The fraction of sp³-hybridized carbons (Fsp3) is 0.333. The van der Waals surface area contributed by atoms with Crippen LogP contribution in [0.1, 0.15) is 30.1 Å². The zero-order chi connectivity index (χ0) is 14.2. The second-order valence-corrected chi connectivity index (χ2v) is 8.19. The third-order valence-corrected chi connectivity index (χ3v) is 4.72. The van der Waals surface area contributed by atoms with Gasteiger partial charge in [-0.3, -0.25) is 0 Å². The number of oxazole rings is 1. The van der Waals surface area contributed by atoms with Crippen LogP contribution in [0.25, 0.3) is 11.5 Å². The number of aromatic nitrogens is 1. The first kappa shape index (κ1) is 14.7. The van der Waals surface area contributed by atoms with Gasteiger partial charge in [0.05, 0.1) is 18.8 Å². The summed E-state index contributed by atoms with van der Waals surface area (Å²) in [6.07, 6.45) is 0.577. The Balaban J connectivity index is 2.48. The van der Waals surface area contributed by atoms with Crippen molar-refractivity contribution in [1.82, 2.24) is 4.98 Å². The quantitative estimate of drug-likeness (QED) is 0.787. The lowest BCUT2D eigenvalue weighted by molar-refractivity contribution is 0.0661. The summed E-state index contributed by atoms with van der Waals surface area (Å²) in [5.41, 5.74) is 1.25. The summed E-state index contributed by atoms with van der Waals surface area (Å²) >= 11 is 8.28. The largest absolute Gasteiger partial charge is 0.475 e. The Labute approximate surface area is 131 Å². The molecule has 0 aromatic carbocycles. The number of carbonyl (C=O) groups is 1. The lowest BCUT2D eigenvalue weighted by atomic mass is 10.1. The fourth-order valence-corrected chi connectivity index (χ4v) is 4.42. The van der Waals surface area contributed by atoms with Crippen LogP contribution in [0.5, 0.6) is 0 Å². The minimum atomic E-state index is -1.08. The van der Waals surface area contributed by atoms with Crippen LogP contribution in [0.4, 0.5) is 0 Å². The van der Waals surface area contributed by atoms with Gasteiger partial charge >= 0.3 is 5.97 Å². The van der Waals surface area contributed by atoms with E-state index in [0.717, 1.165) is 13.1 Å². The Morgan fingerprint density at radius 1 is 1.53 bits per heavy atom. The lowest BCUT2D eigenvalue weighted by Crippen LogP contribution is -2.03. The van der Waals surface area contributed by atoms with Gasteiger partial charge in [-0.1, -0.05) is 13.8 Å². The molecule has 0 aliphatic carbocycles. The van der Waals surface area contributed by atoms with Crippen LogP contribution in [-0.4, -0.2) is 16.1 Å². The number of carboxylic acids is 1. The topological polar surface area (TPSA) is 63.3 Å². The minimum Gasteiger partial charge on any atom is -0.475 e. The smallest absolute Gasteiger partial charge is 0.373 e. The van der Waals surface area contributed by atoms with E-state index in [0.29, 0.717) is 23.9 Å². The number of carboxylic acid groups (broad SMARTS) is 1. The van der Waals surface area contributed by atoms with E-state index in [1.54, 1.807) is 0 Å². The Bertz CT molecular complexity index is 619. The van der Waals surface area contributed by atoms with Crippen molar-refractivity contribution in [1.29, 1.82) is 0 Å². The highest BCUT2D eigenvalue weighted by Crippen LogP contribution is 2.38. The van der Waals surface area contributed by atoms with Gasteiger partial charge in [-0.25, -0.2) is 9.78 Å². The monoisotopic (exact) mass is 407 g/mol. The maximum Gasteiger partial charge on any atom is 0.373 e. The van der Waals surface area contributed by atoms with Crippen molar-refractivity contribution in [3.8, 4) is 11.5 Å². The molecule has 0 saturated carbocycles. The van der Waals surface area contributed by atoms with E-state index < -0.39 is 5.97 Å². The SMILES string of the molecule is CC(C)Cc1nc(-c2cc(Br)sc2Br)oc1C(=O)O. The number of thiophene rings is 1. The van der Waals surface area contributed by atoms with Crippen molar-refractivity contribution in [2.24, 2.45) is 5.92 Å². The highest BCUT2D eigenvalue weighted by Gasteiger charge is 2.22. The average molecular weight is 409 g/mol. The fourth-order valence-electron chi connectivity index (χ4n) is 1.65. The Morgan fingerprint density at radius 3 is 2.68 bits per heavy atom. The summed E-state index contributed by atoms with van der Waals surface area (Å²) in [5.74, 6) is -0.506. The summed E-state index contributed by atoms with van der Waals surface area (Å²) < 4.78 is 7.18. The number of aromatic carboxylic acids is 1. The Kier molecular flexibility index (Phi) is 4.47. The summed E-state index contributed by atoms with van der Waals surface area (Å²) in [5, 5.41) is 9.16. The predicted molar refractivity (Wildman–Crippen MR) is 80.7 cm³/mol. The molecule has 0 aliphatic rings. The molecule has 0 spiro atoms. The lowest BCUT2D eigenvalue weighted by Gasteiger charge is -1.99. The van der Waals surface area contributed by atoms with Crippen molar-refractivity contribution in [2.45, 2.75) is 20.3 Å². The average Bonchev–Trinajstić information content (AvgIpc) is 2.81. The molecule has 4 nitrogen and oxygen atoms in total. The van der Waals surface area contributed by atoms with Gasteiger partial charge in [-0.15, -0.1) is 11.3 Å². The zero-order valence-electron chi connectivity index (χ0n) is 10.2. The minimum absolute atomic E-state index is 0.0714. The van der Waals surface area contributed by atoms with Gasteiger partial charge in [0, 0.05) is 0 Å². The Hall–Kier alpha value is -0.660. The molecule has 7 heteroatoms. The third-order valence-electron chi connectivity index (χ3n) is 2.38. The van der Waals surface area contributed by atoms with Crippen molar-refractivity contribution in [3.63, 3.8) is 0 Å². The molecule has 1 N–H and O–H groups in total. The number of rotatable bonds is 4. The summed E-state index contributed by atoms with van der Waals surface area (Å²) in [7, 11) is 0. The molecule has 102 valence electrons. The normalized spacial score (nSPS) is 11.2. The molecule has 0 fully saturated rings. The first-order valence-corrected chi connectivity index (χ1v) is 7.97. The van der Waals surface area contributed by atoms with E-state index in [9.17, 15) is 4.79 Å². The van der Waals surface area contributed by atoms with Crippen LogP contribution in [0.15, 0.2) is 18.1 Å². The van der Waals surface area contributed by atoms with E-state index >= 15 is 0 Å². The molecule has 2 aromatic rings. The second kappa shape index (κ2) is 5.76. The molecule has 0 atom stereocenters. The van der Waals surface area contributed by atoms with Gasteiger partial charge in [0.25, 0.3) is 0 Å². The molecule has 2 heterocycles. The second-order valence-electron chi connectivity index (χ2n) is 4.44. The van der Waals surface area contributed by atoms with E-state index in [1.165, 1.54) is 11.3 Å². The Morgan fingerprint density at radius 2 is 2.21 bits per heavy atom. The predicted octanol–water partition coefficient (Wildman–Crippen LogP) is 4.82. The van der Waals surface area contributed by atoms with Crippen LogP contribution in [-0.2, 0) is 6.42 Å². The highest BCUT2D eigenvalue weighted by atomic mass is 79.9. The molecule has 19 heavy (non-hydrogen) atoms. The number of halogens is 2. The first-order valence-electron chi connectivity index (χ1n) is 5.56. The summed E-state index contributed by atoms with van der Waals surface area (Å²) in [6.45, 7) is 4.02. The molecule has 0 aliphatic heterocycles. The highest BCUT2D eigenvalue weighted by molar-refractivity contribution is 9.12. The van der Waals surface area contributed by atoms with Crippen molar-refractivity contribution in [2.75, 3.05) is 0 Å². The van der Waals surface area contributed by atoms with Gasteiger partial charge in [0.15, 0.2) is 0 Å². The van der Waals surface area contributed by atoms with Gasteiger partial charge in [-0.2, -0.15) is 0 Å². The van der Waals surface area contributed by atoms with Gasteiger partial charge in [0.2, 0.25) is 11.7 Å². The molecular weight excluding hydrogens is 398 g/mol. The van der Waals surface area contributed by atoms with Crippen LogP contribution in [0, 0.1) is 5.92 Å². The van der Waals surface area contributed by atoms with E-state index in [2.05, 4.69) is 36.8 Å². The van der Waals surface area contributed by atoms with Gasteiger partial charge in [-0.05, 0) is 50.3 Å². The van der Waals surface area contributed by atoms with E-state index in [-0.39, 0.29) is 5.76 Å². The van der Waals surface area contributed by atoms with Gasteiger partial charge < -0.3 is 9.52 Å². The molecule has 0 saturated heterocycles. The maximum absolute atomic E-state index is 11.2. The standard InChI is InChI=1S/C12H11Br2NO3S/c1-5(2)3-7-9(12(16)17)18-11(15-7)6-4-8(13)19-10(6)14/h4-5H,3H2,1-2H3,(H,16,17). The molecule has 0 radical (unpaired) electrons.